The number of methoxy groups -OCH3 is 1. The average Bonchev–Trinajstić information content (AvgIpc) is 2.62. The summed E-state index contributed by atoms with van der Waals surface area (Å²) in [5.74, 6) is 0. The second-order valence-electron chi connectivity index (χ2n) is 5.11. The fourth-order valence-electron chi connectivity index (χ4n) is 2.88. The van der Waals surface area contributed by atoms with E-state index in [0.29, 0.717) is 6.04 Å². The summed E-state index contributed by atoms with van der Waals surface area (Å²) in [4.78, 5) is 0. The Balaban J connectivity index is 2.03. The summed E-state index contributed by atoms with van der Waals surface area (Å²) in [5, 5.41) is 3.43. The van der Waals surface area contributed by atoms with Crippen molar-refractivity contribution >= 4 is 0 Å². The summed E-state index contributed by atoms with van der Waals surface area (Å²) in [6.07, 6.45) is 4.71. The zero-order valence-electron chi connectivity index (χ0n) is 12.0. The largest absolute Gasteiger partial charge is 0.385 e. The summed E-state index contributed by atoms with van der Waals surface area (Å²) < 4.78 is 11.2. The van der Waals surface area contributed by atoms with Crippen molar-refractivity contribution in [3.05, 3.63) is 35.4 Å². The van der Waals surface area contributed by atoms with Gasteiger partial charge in [-0.15, -0.1) is 0 Å². The highest BCUT2D eigenvalue weighted by molar-refractivity contribution is 5.32. The minimum atomic E-state index is 0.269. The quantitative estimate of drug-likeness (QED) is 0.632. The molecule has 0 saturated heterocycles. The number of hydrogen-bond donors (Lipinski definition) is 1. The molecule has 0 bridgehead atoms. The van der Waals surface area contributed by atoms with E-state index in [0.717, 1.165) is 32.5 Å². The molecular formula is C16H25NO2. The Bertz CT molecular complexity index is 381. The summed E-state index contributed by atoms with van der Waals surface area (Å²) in [7, 11) is 3.76. The van der Waals surface area contributed by atoms with Crippen LogP contribution in [-0.2, 0) is 15.9 Å². The highest BCUT2D eigenvalue weighted by Crippen LogP contribution is 2.30. The molecule has 2 unspecified atom stereocenters. The molecule has 1 aliphatic rings. The topological polar surface area (TPSA) is 30.5 Å². The second kappa shape index (κ2) is 7.63. The van der Waals surface area contributed by atoms with Gasteiger partial charge in [-0.25, -0.2) is 0 Å². The average molecular weight is 263 g/mol. The van der Waals surface area contributed by atoms with Crippen LogP contribution in [0.2, 0.25) is 0 Å². The minimum absolute atomic E-state index is 0.269. The molecule has 1 aliphatic carbocycles. The van der Waals surface area contributed by atoms with Gasteiger partial charge in [0.15, 0.2) is 0 Å². The van der Waals surface area contributed by atoms with E-state index in [2.05, 4.69) is 29.6 Å². The molecule has 2 atom stereocenters. The fourth-order valence-corrected chi connectivity index (χ4v) is 2.88. The zero-order valence-corrected chi connectivity index (χ0v) is 12.0. The smallest absolute Gasteiger partial charge is 0.0769 e. The molecule has 0 amide bonds. The van der Waals surface area contributed by atoms with Crippen molar-refractivity contribution in [3.63, 3.8) is 0 Å². The van der Waals surface area contributed by atoms with Crippen molar-refractivity contribution in [3.8, 4) is 0 Å². The number of nitrogens with one attached hydrogen (secondary N) is 1. The maximum absolute atomic E-state index is 6.08. The van der Waals surface area contributed by atoms with Crippen molar-refractivity contribution in [2.45, 2.75) is 37.8 Å². The third-order valence-corrected chi connectivity index (χ3v) is 3.83. The third kappa shape index (κ3) is 3.78. The lowest BCUT2D eigenvalue weighted by molar-refractivity contribution is 0.0129. The molecule has 3 heteroatoms. The summed E-state index contributed by atoms with van der Waals surface area (Å²) in [6.45, 7) is 1.55. The van der Waals surface area contributed by atoms with Crippen molar-refractivity contribution < 1.29 is 9.47 Å². The van der Waals surface area contributed by atoms with Crippen LogP contribution in [0, 0.1) is 0 Å². The van der Waals surface area contributed by atoms with E-state index in [4.69, 9.17) is 9.47 Å². The minimum Gasteiger partial charge on any atom is -0.385 e. The molecule has 1 aromatic carbocycles. The SMILES string of the molecule is CNC1c2ccccc2CCCC1OCCCOC. The Morgan fingerprint density at radius 2 is 2.11 bits per heavy atom. The Kier molecular flexibility index (Phi) is 5.83. The molecule has 0 saturated carbocycles. The van der Waals surface area contributed by atoms with E-state index in [-0.39, 0.29) is 6.10 Å². The van der Waals surface area contributed by atoms with E-state index in [9.17, 15) is 0 Å². The fraction of sp³-hybridized carbons (Fsp3) is 0.625. The van der Waals surface area contributed by atoms with Crippen molar-refractivity contribution in [2.24, 2.45) is 0 Å². The van der Waals surface area contributed by atoms with Crippen LogP contribution in [0.3, 0.4) is 0 Å². The molecule has 3 nitrogen and oxygen atoms in total. The van der Waals surface area contributed by atoms with Gasteiger partial charge in [-0.05, 0) is 43.9 Å². The number of ether oxygens (including phenoxy) is 2. The standard InChI is InChI=1S/C16H25NO2/c1-17-16-14-9-4-3-7-13(14)8-5-10-15(16)19-12-6-11-18-2/h3-4,7,9,15-17H,5-6,8,10-12H2,1-2H3. The molecule has 0 fully saturated rings. The Labute approximate surface area is 116 Å². The van der Waals surface area contributed by atoms with Gasteiger partial charge < -0.3 is 14.8 Å². The Morgan fingerprint density at radius 3 is 2.89 bits per heavy atom. The van der Waals surface area contributed by atoms with Crippen LogP contribution in [0.5, 0.6) is 0 Å². The van der Waals surface area contributed by atoms with Crippen LogP contribution in [0.1, 0.15) is 36.4 Å². The predicted molar refractivity (Wildman–Crippen MR) is 77.4 cm³/mol. The summed E-state index contributed by atoms with van der Waals surface area (Å²) >= 11 is 0. The van der Waals surface area contributed by atoms with Gasteiger partial charge in [0, 0.05) is 20.3 Å². The van der Waals surface area contributed by atoms with Crippen LogP contribution in [0.15, 0.2) is 24.3 Å². The first kappa shape index (κ1) is 14.5. The van der Waals surface area contributed by atoms with Crippen molar-refractivity contribution in [2.75, 3.05) is 27.4 Å². The third-order valence-electron chi connectivity index (χ3n) is 3.83. The molecule has 0 spiro atoms. The highest BCUT2D eigenvalue weighted by atomic mass is 16.5. The normalized spacial score (nSPS) is 22.8. The molecule has 106 valence electrons. The lowest BCUT2D eigenvalue weighted by Crippen LogP contribution is -2.31. The monoisotopic (exact) mass is 263 g/mol. The van der Waals surface area contributed by atoms with E-state index in [1.165, 1.54) is 17.5 Å². The number of rotatable bonds is 6. The summed E-state index contributed by atoms with van der Waals surface area (Å²) in [5.41, 5.74) is 2.86. The number of benzene rings is 1. The molecule has 2 rings (SSSR count). The van der Waals surface area contributed by atoms with E-state index >= 15 is 0 Å². The first-order valence-corrected chi connectivity index (χ1v) is 7.22. The van der Waals surface area contributed by atoms with Crippen LogP contribution >= 0.6 is 0 Å². The molecule has 0 aliphatic heterocycles. The van der Waals surface area contributed by atoms with Gasteiger partial charge >= 0.3 is 0 Å². The Hall–Kier alpha value is -0.900. The molecule has 1 N–H and O–H groups in total. The van der Waals surface area contributed by atoms with Crippen molar-refractivity contribution in [1.29, 1.82) is 0 Å². The molecule has 1 aromatic rings. The van der Waals surface area contributed by atoms with Gasteiger partial charge in [0.2, 0.25) is 0 Å². The number of hydrogen-bond acceptors (Lipinski definition) is 3. The maximum atomic E-state index is 6.08. The zero-order chi connectivity index (χ0) is 13.5. The second-order valence-corrected chi connectivity index (χ2v) is 5.11. The maximum Gasteiger partial charge on any atom is 0.0769 e. The molecular weight excluding hydrogens is 238 g/mol. The number of fused-ring (bicyclic) bond motifs is 1. The van der Waals surface area contributed by atoms with E-state index < -0.39 is 0 Å². The first-order chi connectivity index (χ1) is 9.36. The van der Waals surface area contributed by atoms with E-state index in [1.807, 2.05) is 7.05 Å². The van der Waals surface area contributed by atoms with Gasteiger partial charge in [-0.1, -0.05) is 24.3 Å². The van der Waals surface area contributed by atoms with Crippen LogP contribution < -0.4 is 5.32 Å². The molecule has 19 heavy (non-hydrogen) atoms. The van der Waals surface area contributed by atoms with Gasteiger partial charge in [0.1, 0.15) is 0 Å². The van der Waals surface area contributed by atoms with Gasteiger partial charge in [0.25, 0.3) is 0 Å². The van der Waals surface area contributed by atoms with E-state index in [1.54, 1.807) is 7.11 Å². The van der Waals surface area contributed by atoms with Gasteiger partial charge in [0.05, 0.1) is 12.1 Å². The molecule has 0 heterocycles. The number of aryl methyl sites for hydroxylation is 1. The van der Waals surface area contributed by atoms with Crippen molar-refractivity contribution in [1.82, 2.24) is 5.32 Å². The summed E-state index contributed by atoms with van der Waals surface area (Å²) in [6, 6.07) is 9.03. The first-order valence-electron chi connectivity index (χ1n) is 7.22. The Morgan fingerprint density at radius 1 is 1.26 bits per heavy atom. The predicted octanol–water partition coefficient (Wildman–Crippen LogP) is 2.71. The molecule has 0 aromatic heterocycles. The van der Waals surface area contributed by atoms with Crippen LogP contribution in [0.4, 0.5) is 0 Å². The highest BCUT2D eigenvalue weighted by Gasteiger charge is 2.26. The molecule has 0 radical (unpaired) electrons. The van der Waals surface area contributed by atoms with Crippen LogP contribution in [-0.4, -0.2) is 33.5 Å². The number of likely N-dealkylation sites (N-methyl/N-ethyl adjacent to an activating group) is 1. The lowest BCUT2D eigenvalue weighted by atomic mass is 9.98. The van der Waals surface area contributed by atoms with Gasteiger partial charge in [-0.2, -0.15) is 0 Å². The lowest BCUT2D eigenvalue weighted by Gasteiger charge is -2.26. The van der Waals surface area contributed by atoms with Crippen LogP contribution in [0.25, 0.3) is 0 Å². The van der Waals surface area contributed by atoms with Gasteiger partial charge in [-0.3, -0.25) is 0 Å².